The zero-order chi connectivity index (χ0) is 15.4. The molecule has 2 rings (SSSR count). The number of rotatable bonds is 4. The summed E-state index contributed by atoms with van der Waals surface area (Å²) in [4.78, 5) is 22.2. The van der Waals surface area contributed by atoms with Gasteiger partial charge in [0.1, 0.15) is 5.82 Å². The molecule has 0 saturated carbocycles. The third-order valence-corrected chi connectivity index (χ3v) is 3.04. The van der Waals surface area contributed by atoms with Crippen LogP contribution in [0.4, 0.5) is 10.1 Å². The highest BCUT2D eigenvalue weighted by Crippen LogP contribution is 2.19. The van der Waals surface area contributed by atoms with Crippen molar-refractivity contribution in [1.82, 2.24) is 5.32 Å². The average Bonchev–Trinajstić information content (AvgIpc) is 2.48. The van der Waals surface area contributed by atoms with Crippen molar-refractivity contribution in [2.24, 2.45) is 0 Å². The number of nitrogens with zero attached hydrogens (tertiary/aromatic N) is 1. The summed E-state index contributed by atoms with van der Waals surface area (Å²) in [6.07, 6.45) is 0. The summed E-state index contributed by atoms with van der Waals surface area (Å²) in [5.41, 5.74) is 0.920. The smallest absolute Gasteiger partial charge is 0.269 e. The predicted molar refractivity (Wildman–Crippen MR) is 75.4 cm³/mol. The van der Waals surface area contributed by atoms with Crippen molar-refractivity contribution in [3.63, 3.8) is 0 Å². The lowest BCUT2D eigenvalue weighted by Gasteiger charge is -2.14. The molecule has 0 heterocycles. The second kappa shape index (κ2) is 6.13. The monoisotopic (exact) mass is 288 g/mol. The van der Waals surface area contributed by atoms with Gasteiger partial charge < -0.3 is 5.32 Å². The Bertz CT molecular complexity index is 671. The maximum Gasteiger partial charge on any atom is 0.269 e. The molecule has 0 saturated heterocycles. The Hall–Kier alpha value is -2.76. The first-order valence-electron chi connectivity index (χ1n) is 6.28. The van der Waals surface area contributed by atoms with Crippen LogP contribution in [0.3, 0.4) is 0 Å². The Kier molecular flexibility index (Phi) is 4.27. The number of nitro groups is 1. The highest BCUT2D eigenvalue weighted by Gasteiger charge is 2.14. The number of non-ortho nitro benzene ring substituents is 1. The largest absolute Gasteiger partial charge is 0.346 e. The van der Waals surface area contributed by atoms with Gasteiger partial charge >= 0.3 is 0 Å². The molecule has 2 aromatic rings. The van der Waals surface area contributed by atoms with Gasteiger partial charge in [-0.15, -0.1) is 0 Å². The number of halogens is 1. The zero-order valence-corrected chi connectivity index (χ0v) is 11.2. The van der Waals surface area contributed by atoms with Crippen molar-refractivity contribution >= 4 is 11.6 Å². The van der Waals surface area contributed by atoms with E-state index in [0.717, 1.165) is 0 Å². The number of hydrogen-bond donors (Lipinski definition) is 1. The van der Waals surface area contributed by atoms with Crippen LogP contribution < -0.4 is 5.32 Å². The number of nitrogens with one attached hydrogen (secondary N) is 1. The van der Waals surface area contributed by atoms with Gasteiger partial charge in [0, 0.05) is 17.7 Å². The van der Waals surface area contributed by atoms with Crippen molar-refractivity contribution in [2.75, 3.05) is 0 Å². The molecular formula is C15H13FN2O3. The molecule has 2 aromatic carbocycles. The third kappa shape index (κ3) is 3.62. The van der Waals surface area contributed by atoms with Gasteiger partial charge in [0.2, 0.25) is 0 Å². The fraction of sp³-hybridized carbons (Fsp3) is 0.133. The maximum atomic E-state index is 12.8. The lowest BCUT2D eigenvalue weighted by atomic mass is 10.1. The van der Waals surface area contributed by atoms with Gasteiger partial charge in [0.15, 0.2) is 0 Å². The highest BCUT2D eigenvalue weighted by molar-refractivity contribution is 5.94. The molecule has 0 bridgehead atoms. The van der Waals surface area contributed by atoms with Crippen molar-refractivity contribution in [3.05, 3.63) is 75.6 Å². The fourth-order valence-corrected chi connectivity index (χ4v) is 1.87. The number of amides is 1. The molecular weight excluding hydrogens is 275 g/mol. The van der Waals surface area contributed by atoms with Crippen molar-refractivity contribution < 1.29 is 14.1 Å². The molecule has 0 fully saturated rings. The van der Waals surface area contributed by atoms with E-state index in [1.807, 2.05) is 0 Å². The first kappa shape index (κ1) is 14.6. The quantitative estimate of drug-likeness (QED) is 0.693. The second-order valence-electron chi connectivity index (χ2n) is 4.55. The Morgan fingerprint density at radius 2 is 1.90 bits per heavy atom. The molecule has 0 spiro atoms. The van der Waals surface area contributed by atoms with Crippen LogP contribution in [0, 0.1) is 15.9 Å². The summed E-state index contributed by atoms with van der Waals surface area (Å²) < 4.78 is 12.8. The average molecular weight is 288 g/mol. The standard InChI is InChI=1S/C15H13FN2O3/c1-10(12-3-2-4-14(9-12)18(20)21)17-15(19)11-5-7-13(16)8-6-11/h2-10H,1H3,(H,17,19). The van der Waals surface area contributed by atoms with E-state index in [4.69, 9.17) is 0 Å². The van der Waals surface area contributed by atoms with E-state index >= 15 is 0 Å². The predicted octanol–water partition coefficient (Wildman–Crippen LogP) is 3.22. The minimum atomic E-state index is -0.488. The van der Waals surface area contributed by atoms with Gasteiger partial charge in [0.25, 0.3) is 11.6 Å². The Morgan fingerprint density at radius 3 is 2.52 bits per heavy atom. The SMILES string of the molecule is CC(NC(=O)c1ccc(F)cc1)c1cccc([N+](=O)[O-])c1. The molecule has 108 valence electrons. The third-order valence-electron chi connectivity index (χ3n) is 3.04. The van der Waals surface area contributed by atoms with Crippen molar-refractivity contribution in [3.8, 4) is 0 Å². The topological polar surface area (TPSA) is 72.2 Å². The first-order chi connectivity index (χ1) is 9.97. The fourth-order valence-electron chi connectivity index (χ4n) is 1.87. The van der Waals surface area contributed by atoms with Gasteiger partial charge in [-0.1, -0.05) is 12.1 Å². The maximum absolute atomic E-state index is 12.8. The van der Waals surface area contributed by atoms with E-state index < -0.39 is 16.8 Å². The van der Waals surface area contributed by atoms with Gasteiger partial charge in [-0.3, -0.25) is 14.9 Å². The molecule has 0 aliphatic carbocycles. The van der Waals surface area contributed by atoms with Crippen LogP contribution in [-0.2, 0) is 0 Å². The van der Waals surface area contributed by atoms with Gasteiger partial charge in [0.05, 0.1) is 11.0 Å². The molecule has 0 radical (unpaired) electrons. The number of carbonyl (C=O) groups excluding carboxylic acids is 1. The molecule has 0 aromatic heterocycles. The molecule has 0 aliphatic rings. The van der Waals surface area contributed by atoms with Crippen LogP contribution in [0.2, 0.25) is 0 Å². The first-order valence-corrected chi connectivity index (χ1v) is 6.28. The molecule has 1 unspecified atom stereocenters. The van der Waals surface area contributed by atoms with Gasteiger partial charge in [-0.05, 0) is 36.8 Å². The van der Waals surface area contributed by atoms with Gasteiger partial charge in [-0.25, -0.2) is 4.39 Å². The van der Waals surface area contributed by atoms with Crippen LogP contribution in [0.15, 0.2) is 48.5 Å². The Balaban J connectivity index is 2.12. The zero-order valence-electron chi connectivity index (χ0n) is 11.2. The Labute approximate surface area is 120 Å². The lowest BCUT2D eigenvalue weighted by Crippen LogP contribution is -2.26. The van der Waals surface area contributed by atoms with Crippen molar-refractivity contribution in [2.45, 2.75) is 13.0 Å². The molecule has 21 heavy (non-hydrogen) atoms. The summed E-state index contributed by atoms with van der Waals surface area (Å²) >= 11 is 0. The number of hydrogen-bond acceptors (Lipinski definition) is 3. The number of benzene rings is 2. The summed E-state index contributed by atoms with van der Waals surface area (Å²) in [7, 11) is 0. The summed E-state index contributed by atoms with van der Waals surface area (Å²) in [5.74, 6) is -0.785. The minimum Gasteiger partial charge on any atom is -0.346 e. The number of nitro benzene ring substituents is 1. The normalized spacial score (nSPS) is 11.7. The lowest BCUT2D eigenvalue weighted by molar-refractivity contribution is -0.384. The van der Waals surface area contributed by atoms with Crippen LogP contribution >= 0.6 is 0 Å². The van der Waals surface area contributed by atoms with E-state index in [1.165, 1.54) is 36.4 Å². The highest BCUT2D eigenvalue weighted by atomic mass is 19.1. The molecule has 0 aliphatic heterocycles. The molecule has 1 N–H and O–H groups in total. The van der Waals surface area contributed by atoms with E-state index in [0.29, 0.717) is 11.1 Å². The number of carbonyl (C=O) groups is 1. The van der Waals surface area contributed by atoms with E-state index in [-0.39, 0.29) is 11.6 Å². The van der Waals surface area contributed by atoms with E-state index in [9.17, 15) is 19.3 Å². The van der Waals surface area contributed by atoms with Crippen molar-refractivity contribution in [1.29, 1.82) is 0 Å². The summed E-state index contributed by atoms with van der Waals surface area (Å²) in [6, 6.07) is 10.8. The van der Waals surface area contributed by atoms with E-state index in [1.54, 1.807) is 19.1 Å². The molecule has 1 amide bonds. The molecule has 1 atom stereocenters. The van der Waals surface area contributed by atoms with E-state index in [2.05, 4.69) is 5.32 Å². The Morgan fingerprint density at radius 1 is 1.24 bits per heavy atom. The van der Waals surface area contributed by atoms with Crippen LogP contribution in [0.5, 0.6) is 0 Å². The summed E-state index contributed by atoms with van der Waals surface area (Å²) in [5, 5.41) is 13.4. The summed E-state index contributed by atoms with van der Waals surface area (Å²) in [6.45, 7) is 1.72. The van der Waals surface area contributed by atoms with Gasteiger partial charge in [-0.2, -0.15) is 0 Å². The molecule has 5 nitrogen and oxygen atoms in total. The van der Waals surface area contributed by atoms with Crippen LogP contribution in [0.1, 0.15) is 28.9 Å². The minimum absolute atomic E-state index is 0.0321. The molecule has 6 heteroatoms. The van der Waals surface area contributed by atoms with Crippen LogP contribution in [-0.4, -0.2) is 10.8 Å². The second-order valence-corrected chi connectivity index (χ2v) is 4.55. The van der Waals surface area contributed by atoms with Crippen LogP contribution in [0.25, 0.3) is 0 Å².